The first-order chi connectivity index (χ1) is 48.7. The zero-order valence-corrected chi connectivity index (χ0v) is 72.1. The summed E-state index contributed by atoms with van der Waals surface area (Å²) in [6, 6.07) is 46.8. The summed E-state index contributed by atoms with van der Waals surface area (Å²) in [5.74, 6) is 0.454. The normalized spacial score (nSPS) is 32.8. The van der Waals surface area contributed by atoms with Gasteiger partial charge in [0.25, 0.3) is 0 Å². The molecule has 10 unspecified atom stereocenters. The first kappa shape index (κ1) is 81.8. The van der Waals surface area contributed by atoms with Gasteiger partial charge >= 0.3 is 5.97 Å². The SMILES string of the molecule is CC(C)(C)C(=O)OC1CC2CCC(C1)[S+]2c1ccc(C(C)(C)C)cc1.CC(C)(C)c1ccc([S+]2C3CCC2CC(=O)C3)cc1.CC(C)(C)c1ccc([S+]2C3CCC2CC(O)C3)cc1.CC1(O)CC2CCCC(C1)[S+]2c1ccc(C(C)(C)C)cc1.COC1CC2CCC(C1)[S+]2c1ccc(C(C)(C)C)cc1. The Labute approximate surface area is 646 Å². The molecule has 0 radical (unpaired) electrons. The van der Waals surface area contributed by atoms with Gasteiger partial charge in [0.1, 0.15) is 64.4 Å². The molecule has 10 saturated heterocycles. The van der Waals surface area contributed by atoms with Gasteiger partial charge in [0.15, 0.2) is 24.5 Å². The van der Waals surface area contributed by atoms with E-state index in [0.717, 1.165) is 72.4 Å². The molecule has 0 saturated carbocycles. The van der Waals surface area contributed by atoms with E-state index in [2.05, 4.69) is 225 Å². The molecular formula is C93H137O6S5+5. The number of carbonyl (C=O) groups is 2. The van der Waals surface area contributed by atoms with Gasteiger partial charge in [-0.1, -0.05) is 165 Å². The second kappa shape index (κ2) is 33.0. The van der Waals surface area contributed by atoms with Gasteiger partial charge in [-0.3, -0.25) is 9.59 Å². The smallest absolute Gasteiger partial charge is 0.311 e. The predicted octanol–water partition coefficient (Wildman–Crippen LogP) is 21.5. The van der Waals surface area contributed by atoms with Gasteiger partial charge in [-0.2, -0.15) is 0 Å². The van der Waals surface area contributed by atoms with Gasteiger partial charge < -0.3 is 19.7 Å². The van der Waals surface area contributed by atoms with Gasteiger partial charge in [-0.25, -0.2) is 0 Å². The quantitative estimate of drug-likeness (QED) is 0.125. The number of fused-ring (bicyclic) bond motifs is 10. The summed E-state index contributed by atoms with van der Waals surface area (Å²) in [4.78, 5) is 31.6. The van der Waals surface area contributed by atoms with Crippen LogP contribution in [0, 0.1) is 5.41 Å². The maximum absolute atomic E-state index is 12.2. The number of carbonyl (C=O) groups excluding carboxylic acids is 2. The second-order valence-corrected chi connectivity index (χ2v) is 52.0. The Hall–Kier alpha value is -3.13. The Morgan fingerprint density at radius 2 is 0.606 bits per heavy atom. The fourth-order valence-electron chi connectivity index (χ4n) is 18.6. The van der Waals surface area contributed by atoms with Gasteiger partial charge in [-0.15, -0.1) is 0 Å². The van der Waals surface area contributed by atoms with E-state index in [4.69, 9.17) is 9.47 Å². The van der Waals surface area contributed by atoms with Crippen LogP contribution >= 0.6 is 0 Å². The minimum atomic E-state index is -0.426. The van der Waals surface area contributed by atoms with E-state index in [1.165, 1.54) is 131 Å². The summed E-state index contributed by atoms with van der Waals surface area (Å²) in [5.41, 5.74) is 7.43. The molecule has 10 aliphatic heterocycles. The van der Waals surface area contributed by atoms with Crippen molar-refractivity contribution in [3.05, 3.63) is 149 Å². The fourth-order valence-corrected chi connectivity index (χ4v) is 35.8. The molecule has 5 aromatic carbocycles. The van der Waals surface area contributed by atoms with Crippen molar-refractivity contribution >= 4 is 66.2 Å². The van der Waals surface area contributed by atoms with E-state index in [9.17, 15) is 19.8 Å². The Bertz CT molecular complexity index is 3540. The van der Waals surface area contributed by atoms with Crippen LogP contribution in [0.2, 0.25) is 0 Å². The van der Waals surface area contributed by atoms with Crippen molar-refractivity contribution < 1.29 is 29.3 Å². The summed E-state index contributed by atoms with van der Waals surface area (Å²) in [6.07, 6.45) is 25.5. The number of esters is 1. The predicted molar refractivity (Wildman–Crippen MR) is 450 cm³/mol. The molecule has 6 nitrogen and oxygen atoms in total. The zero-order valence-electron chi connectivity index (χ0n) is 68.0. The van der Waals surface area contributed by atoms with E-state index in [1.807, 2.05) is 34.8 Å². The molecule has 5 aromatic rings. The Balaban J connectivity index is 0.000000131. The monoisotopic (exact) mass is 1510 g/mol. The second-order valence-electron chi connectivity index (χ2n) is 39.2. The molecule has 0 aliphatic carbocycles. The summed E-state index contributed by atoms with van der Waals surface area (Å²) in [5, 5.41) is 27.7. The van der Waals surface area contributed by atoms with E-state index in [1.54, 1.807) is 4.90 Å². The number of aliphatic hydroxyl groups excluding tert-OH is 1. The van der Waals surface area contributed by atoms with Gasteiger partial charge in [0, 0.05) is 164 Å². The van der Waals surface area contributed by atoms with Gasteiger partial charge in [0.2, 0.25) is 0 Å². The molecule has 10 aliphatic rings. The minimum Gasteiger partial charge on any atom is -0.462 e. The number of ether oxygens (including phenoxy) is 2. The maximum atomic E-state index is 12.2. The highest BCUT2D eigenvalue weighted by molar-refractivity contribution is 7.99. The Morgan fingerprint density at radius 1 is 0.365 bits per heavy atom. The Kier molecular flexibility index (Phi) is 26.0. The minimum absolute atomic E-state index is 0.0323. The van der Waals surface area contributed by atoms with E-state index >= 15 is 0 Å². The van der Waals surface area contributed by atoms with Crippen LogP contribution < -0.4 is 0 Å². The molecule has 15 rings (SSSR count). The lowest BCUT2D eigenvalue weighted by Crippen LogP contribution is -2.50. The first-order valence-electron chi connectivity index (χ1n) is 40.5. The summed E-state index contributed by atoms with van der Waals surface area (Å²) >= 11 is 0. The summed E-state index contributed by atoms with van der Waals surface area (Å²) in [7, 11) is 3.78. The molecule has 10 fully saturated rings. The van der Waals surface area contributed by atoms with Crippen molar-refractivity contribution in [3.63, 3.8) is 0 Å². The summed E-state index contributed by atoms with van der Waals surface area (Å²) < 4.78 is 11.5. The fraction of sp³-hybridized carbons (Fsp3) is 0.656. The van der Waals surface area contributed by atoms with Crippen molar-refractivity contribution in [2.75, 3.05) is 7.11 Å². The van der Waals surface area contributed by atoms with Crippen molar-refractivity contribution in [1.82, 2.24) is 0 Å². The molecule has 104 heavy (non-hydrogen) atoms. The van der Waals surface area contributed by atoms with Crippen LogP contribution in [0.3, 0.4) is 0 Å². The highest BCUT2D eigenvalue weighted by Crippen LogP contribution is 2.50. The molecule has 2 N–H and O–H groups in total. The molecule has 0 spiro atoms. The molecule has 570 valence electrons. The molecule has 0 aromatic heterocycles. The van der Waals surface area contributed by atoms with Crippen molar-refractivity contribution in [3.8, 4) is 0 Å². The first-order valence-corrected chi connectivity index (χ1v) is 47.2. The van der Waals surface area contributed by atoms with Gasteiger partial charge in [-0.05, 0) is 163 Å². The van der Waals surface area contributed by atoms with Crippen LogP contribution in [0.1, 0.15) is 294 Å². The van der Waals surface area contributed by atoms with Crippen LogP contribution in [-0.2, 0) is 101 Å². The van der Waals surface area contributed by atoms with Gasteiger partial charge in [0.05, 0.1) is 36.1 Å². The number of aliphatic hydroxyl groups is 2. The van der Waals surface area contributed by atoms with E-state index in [-0.39, 0.29) is 45.3 Å². The van der Waals surface area contributed by atoms with E-state index < -0.39 is 11.0 Å². The number of hydrogen-bond donors (Lipinski definition) is 2. The standard InChI is InChI=1S/C22H33O2S.C19H29OS.C18H27OS.C17H25OS.C17H23OS/c1-21(2,3)15-7-9-17(10-8-15)25-18-11-12-19(25)14-16(13-18)24-20(23)22(4,5)6;1-18(2,3)14-8-10-15(11-9-14)21-16-6-5-7-17(21)13-19(4,20)12-16;1-18(2,3)13-5-7-15(8-6-13)20-16-9-10-17(20)12-14(11-16)19-4;2*1-17(2,3)12-4-6-14(7-5-12)19-15-8-9-16(19)11-13(18)10-15/h7-10,16,18-19H,11-14H2,1-6H3;8-11,16-17,20H,5-7,12-13H2,1-4H3;5-8,14,16-17H,9-12H2,1-4H3;4-7,13,15-16,18H,8-11H2,1-3H3;4-7,15-16H,8-11H2,1-3H3/q5*+1. The summed E-state index contributed by atoms with van der Waals surface area (Å²) in [6.45, 7) is 41.9. The Morgan fingerprint density at radius 3 is 0.865 bits per heavy atom. The maximum Gasteiger partial charge on any atom is 0.311 e. The van der Waals surface area contributed by atoms with Crippen LogP contribution in [0.5, 0.6) is 0 Å². The number of methoxy groups -OCH3 is 1. The highest BCUT2D eigenvalue weighted by Gasteiger charge is 2.57. The average Bonchev–Trinajstić information content (AvgIpc) is 1.05. The zero-order chi connectivity index (χ0) is 75.2. The van der Waals surface area contributed by atoms with Crippen molar-refractivity contribution in [2.24, 2.45) is 5.41 Å². The number of ketones is 1. The number of hydrogen-bond acceptors (Lipinski definition) is 6. The molecule has 10 heterocycles. The lowest BCUT2D eigenvalue weighted by molar-refractivity contribution is -0.159. The molecule has 11 heteroatoms. The third-order valence-electron chi connectivity index (χ3n) is 24.5. The number of rotatable bonds is 7. The number of Topliss-reactive ketones (excluding diaryl/α,β-unsaturated/α-hetero) is 1. The van der Waals surface area contributed by atoms with Crippen LogP contribution in [0.15, 0.2) is 146 Å². The topological polar surface area (TPSA) is 93.1 Å². The highest BCUT2D eigenvalue weighted by atomic mass is 32.2. The van der Waals surface area contributed by atoms with Crippen molar-refractivity contribution in [1.29, 1.82) is 0 Å². The average molecular weight is 1510 g/mol. The molecule has 10 atom stereocenters. The lowest BCUT2D eigenvalue weighted by atomic mass is 9.87. The number of benzene rings is 5. The molecule has 0 amide bonds. The largest absolute Gasteiger partial charge is 0.462 e. The van der Waals surface area contributed by atoms with Crippen LogP contribution in [0.4, 0.5) is 0 Å². The molecule has 10 bridgehead atoms. The van der Waals surface area contributed by atoms with Crippen LogP contribution in [-0.4, -0.2) is 105 Å². The van der Waals surface area contributed by atoms with E-state index in [0.29, 0.717) is 97.9 Å². The molecular weight excluding hydrogens is 1370 g/mol. The lowest BCUT2D eigenvalue weighted by Gasteiger charge is -2.41. The third kappa shape index (κ3) is 20.1. The van der Waals surface area contributed by atoms with Crippen molar-refractivity contribution in [2.45, 2.75) is 394 Å². The third-order valence-corrected chi connectivity index (χ3v) is 39.9. The van der Waals surface area contributed by atoms with Crippen LogP contribution in [0.25, 0.3) is 0 Å².